The molecule has 0 radical (unpaired) electrons. The Balaban J connectivity index is 2.18. The van der Waals surface area contributed by atoms with Gasteiger partial charge in [-0.1, -0.05) is 30.3 Å². The molecule has 1 aromatic carbocycles. The monoisotopic (exact) mass is 322 g/mol. The molecule has 0 amide bonds. The molecule has 0 unspecified atom stereocenters. The highest BCUT2D eigenvalue weighted by atomic mass is 16.8. The molecule has 1 saturated heterocycles. The van der Waals surface area contributed by atoms with Crippen molar-refractivity contribution in [2.45, 2.75) is 58.4 Å². The average molecular weight is 322 g/mol. The Morgan fingerprint density at radius 1 is 0.870 bits per heavy atom. The Morgan fingerprint density at radius 3 is 1.70 bits per heavy atom. The third-order valence-corrected chi connectivity index (χ3v) is 3.06. The van der Waals surface area contributed by atoms with Crippen LogP contribution in [0.3, 0.4) is 0 Å². The first-order chi connectivity index (χ1) is 10.9. The first-order valence-corrected chi connectivity index (χ1v) is 7.65. The fourth-order valence-corrected chi connectivity index (χ4v) is 2.17. The van der Waals surface area contributed by atoms with Crippen molar-refractivity contribution in [2.75, 3.05) is 0 Å². The summed E-state index contributed by atoms with van der Waals surface area (Å²) in [5.74, 6) is -1.27. The molecule has 2 atom stereocenters. The smallest absolute Gasteiger partial charge is 0.339 e. The molecule has 1 aromatic rings. The zero-order valence-corrected chi connectivity index (χ0v) is 13.7. The van der Waals surface area contributed by atoms with E-state index in [1.54, 1.807) is 39.8 Å². The Labute approximate surface area is 135 Å². The summed E-state index contributed by atoms with van der Waals surface area (Å²) in [4.78, 5) is 24.4. The van der Waals surface area contributed by atoms with Gasteiger partial charge < -0.3 is 18.9 Å². The summed E-state index contributed by atoms with van der Waals surface area (Å²) in [6.07, 6.45) is -3.74. The van der Waals surface area contributed by atoms with Gasteiger partial charge in [0, 0.05) is 5.56 Å². The fourth-order valence-electron chi connectivity index (χ4n) is 2.17. The molecule has 6 nitrogen and oxygen atoms in total. The molecule has 1 heterocycles. The van der Waals surface area contributed by atoms with Crippen LogP contribution in [0.5, 0.6) is 0 Å². The maximum absolute atomic E-state index is 12.2. The molecule has 0 bridgehead atoms. The molecule has 0 spiro atoms. The minimum Gasteiger partial charge on any atom is -0.461 e. The first-order valence-electron chi connectivity index (χ1n) is 7.65. The van der Waals surface area contributed by atoms with Crippen molar-refractivity contribution in [1.82, 2.24) is 0 Å². The molecule has 1 aliphatic heterocycles. The summed E-state index contributed by atoms with van der Waals surface area (Å²) in [6, 6.07) is 9.09. The van der Waals surface area contributed by atoms with Crippen LogP contribution in [-0.4, -0.2) is 36.4 Å². The van der Waals surface area contributed by atoms with Crippen molar-refractivity contribution >= 4 is 11.9 Å². The van der Waals surface area contributed by atoms with E-state index in [1.807, 2.05) is 18.2 Å². The second kappa shape index (κ2) is 7.57. The molecule has 0 aromatic heterocycles. The third kappa shape index (κ3) is 4.53. The Hall–Kier alpha value is -1.92. The standard InChI is InChI=1S/C17H22O6/c1-10(2)20-15(18)13-14(16(19)21-11(3)4)23-17(22-13)12-8-6-5-7-9-12/h5-11,13-14,17H,1-4H3/t13-,14-/m0/s1. The molecule has 0 aliphatic carbocycles. The van der Waals surface area contributed by atoms with Gasteiger partial charge in [0.05, 0.1) is 12.2 Å². The van der Waals surface area contributed by atoms with Gasteiger partial charge in [0.25, 0.3) is 0 Å². The lowest BCUT2D eigenvalue weighted by Gasteiger charge is -2.17. The van der Waals surface area contributed by atoms with Crippen molar-refractivity contribution < 1.29 is 28.5 Å². The number of carbonyl (C=O) groups excluding carboxylic acids is 2. The van der Waals surface area contributed by atoms with E-state index in [1.165, 1.54) is 0 Å². The number of benzene rings is 1. The number of hydrogen-bond donors (Lipinski definition) is 0. The third-order valence-electron chi connectivity index (χ3n) is 3.06. The number of ether oxygens (including phenoxy) is 4. The van der Waals surface area contributed by atoms with Gasteiger partial charge in [-0.15, -0.1) is 0 Å². The maximum Gasteiger partial charge on any atom is 0.339 e. The molecule has 2 rings (SSSR count). The zero-order valence-electron chi connectivity index (χ0n) is 13.7. The molecule has 0 saturated carbocycles. The van der Waals surface area contributed by atoms with Crippen LogP contribution in [0.4, 0.5) is 0 Å². The average Bonchev–Trinajstić information content (AvgIpc) is 2.92. The van der Waals surface area contributed by atoms with E-state index in [2.05, 4.69) is 0 Å². The van der Waals surface area contributed by atoms with Crippen molar-refractivity contribution in [3.63, 3.8) is 0 Å². The molecule has 23 heavy (non-hydrogen) atoms. The lowest BCUT2D eigenvalue weighted by Crippen LogP contribution is -2.40. The van der Waals surface area contributed by atoms with Crippen LogP contribution in [0, 0.1) is 0 Å². The summed E-state index contributed by atoms with van der Waals surface area (Å²) in [5.41, 5.74) is 0.717. The number of rotatable bonds is 5. The van der Waals surface area contributed by atoms with Gasteiger partial charge in [-0.05, 0) is 27.7 Å². The van der Waals surface area contributed by atoms with E-state index in [0.29, 0.717) is 0 Å². The van der Waals surface area contributed by atoms with E-state index < -0.39 is 30.4 Å². The Bertz CT molecular complexity index is 509. The fraction of sp³-hybridized carbons (Fsp3) is 0.529. The van der Waals surface area contributed by atoms with Crippen LogP contribution in [0.15, 0.2) is 30.3 Å². The van der Waals surface area contributed by atoms with E-state index in [4.69, 9.17) is 18.9 Å². The molecule has 0 N–H and O–H groups in total. The van der Waals surface area contributed by atoms with Gasteiger partial charge in [0.15, 0.2) is 18.5 Å². The maximum atomic E-state index is 12.2. The van der Waals surface area contributed by atoms with Crippen LogP contribution in [0.25, 0.3) is 0 Å². The number of hydrogen-bond acceptors (Lipinski definition) is 6. The largest absolute Gasteiger partial charge is 0.461 e. The number of esters is 2. The lowest BCUT2D eigenvalue weighted by atomic mass is 10.2. The summed E-state index contributed by atoms with van der Waals surface area (Å²) in [7, 11) is 0. The predicted octanol–water partition coefficient (Wildman–Crippen LogP) is 2.37. The lowest BCUT2D eigenvalue weighted by molar-refractivity contribution is -0.167. The van der Waals surface area contributed by atoms with Crippen molar-refractivity contribution in [3.8, 4) is 0 Å². The van der Waals surface area contributed by atoms with Crippen LogP contribution >= 0.6 is 0 Å². The van der Waals surface area contributed by atoms with Gasteiger partial charge in [-0.25, -0.2) is 9.59 Å². The SMILES string of the molecule is CC(C)OC(=O)[C@H]1OC(c2ccccc2)O[C@@H]1C(=O)OC(C)C. The predicted molar refractivity (Wildman–Crippen MR) is 81.4 cm³/mol. The van der Waals surface area contributed by atoms with Crippen LogP contribution < -0.4 is 0 Å². The minimum atomic E-state index is -1.14. The molecular formula is C17H22O6. The molecular weight excluding hydrogens is 300 g/mol. The second-order valence-electron chi connectivity index (χ2n) is 5.83. The first kappa shape index (κ1) is 17.4. The Morgan fingerprint density at radius 2 is 1.30 bits per heavy atom. The molecule has 1 fully saturated rings. The summed E-state index contributed by atoms with van der Waals surface area (Å²) >= 11 is 0. The van der Waals surface area contributed by atoms with Crippen molar-refractivity contribution in [3.05, 3.63) is 35.9 Å². The summed E-state index contributed by atoms with van der Waals surface area (Å²) in [5, 5.41) is 0. The van der Waals surface area contributed by atoms with Gasteiger partial charge in [0.1, 0.15) is 0 Å². The normalized spacial score (nSPS) is 21.7. The van der Waals surface area contributed by atoms with Gasteiger partial charge in [-0.2, -0.15) is 0 Å². The topological polar surface area (TPSA) is 71.1 Å². The second-order valence-corrected chi connectivity index (χ2v) is 5.83. The van der Waals surface area contributed by atoms with Gasteiger partial charge in [-0.3, -0.25) is 0 Å². The van der Waals surface area contributed by atoms with Crippen molar-refractivity contribution in [2.24, 2.45) is 0 Å². The summed E-state index contributed by atoms with van der Waals surface area (Å²) in [6.45, 7) is 6.90. The quantitative estimate of drug-likeness (QED) is 0.775. The minimum absolute atomic E-state index is 0.316. The van der Waals surface area contributed by atoms with Crippen LogP contribution in [0.2, 0.25) is 0 Å². The highest BCUT2D eigenvalue weighted by Gasteiger charge is 2.48. The van der Waals surface area contributed by atoms with E-state index in [9.17, 15) is 9.59 Å². The van der Waals surface area contributed by atoms with Gasteiger partial charge >= 0.3 is 11.9 Å². The van der Waals surface area contributed by atoms with Crippen LogP contribution in [0.1, 0.15) is 39.5 Å². The number of carbonyl (C=O) groups is 2. The van der Waals surface area contributed by atoms with E-state index in [-0.39, 0.29) is 12.2 Å². The van der Waals surface area contributed by atoms with Crippen LogP contribution in [-0.2, 0) is 28.5 Å². The Kier molecular flexibility index (Phi) is 5.74. The zero-order chi connectivity index (χ0) is 17.0. The van der Waals surface area contributed by atoms with E-state index in [0.717, 1.165) is 5.56 Å². The summed E-state index contributed by atoms with van der Waals surface area (Å²) < 4.78 is 21.6. The van der Waals surface area contributed by atoms with E-state index >= 15 is 0 Å². The highest BCUT2D eigenvalue weighted by molar-refractivity contribution is 5.86. The molecule has 6 heteroatoms. The van der Waals surface area contributed by atoms with Gasteiger partial charge in [0.2, 0.25) is 0 Å². The van der Waals surface area contributed by atoms with Crippen molar-refractivity contribution in [1.29, 1.82) is 0 Å². The molecule has 1 aliphatic rings. The molecule has 126 valence electrons. The highest BCUT2D eigenvalue weighted by Crippen LogP contribution is 2.32.